The van der Waals surface area contributed by atoms with Crippen molar-refractivity contribution in [2.75, 3.05) is 18.5 Å². The fourth-order valence-electron chi connectivity index (χ4n) is 1.97. The normalized spacial score (nSPS) is 10.2. The maximum atomic E-state index is 10.8. The Morgan fingerprint density at radius 3 is 2.52 bits per heavy atom. The van der Waals surface area contributed by atoms with E-state index in [1.165, 1.54) is 0 Å². The summed E-state index contributed by atoms with van der Waals surface area (Å²) in [4.78, 5) is 10.8. The molecule has 3 N–H and O–H groups in total. The molecule has 0 fully saturated rings. The minimum Gasteiger partial charge on any atom is -0.490 e. The molecule has 0 aliphatic carbocycles. The summed E-state index contributed by atoms with van der Waals surface area (Å²) in [6, 6.07) is 13.0. The lowest BCUT2D eigenvalue weighted by Crippen LogP contribution is -2.20. The molecule has 0 atom stereocenters. The number of hydrogen-bond donors (Lipinski definition) is 2. The van der Waals surface area contributed by atoms with Crippen molar-refractivity contribution >= 4 is 23.2 Å². The number of halogens is 1. The van der Waals surface area contributed by atoms with Gasteiger partial charge in [0.2, 0.25) is 0 Å². The minimum absolute atomic E-state index is 0.178. The summed E-state index contributed by atoms with van der Waals surface area (Å²) < 4.78 is 10.9. The van der Waals surface area contributed by atoms with Gasteiger partial charge in [-0.1, -0.05) is 17.7 Å². The average Bonchev–Trinajstić information content (AvgIpc) is 2.53. The number of nitrogens with one attached hydrogen (secondary N) is 1. The number of ether oxygens (including phenoxy) is 2. The molecule has 0 heterocycles. The van der Waals surface area contributed by atoms with Gasteiger partial charge in [-0.2, -0.15) is 0 Å². The van der Waals surface area contributed by atoms with E-state index in [1.807, 2.05) is 43.3 Å². The van der Waals surface area contributed by atoms with Crippen LogP contribution in [0.5, 0.6) is 11.5 Å². The number of anilines is 1. The minimum atomic E-state index is -0.527. The summed E-state index contributed by atoms with van der Waals surface area (Å²) in [5, 5.41) is 4.00. The topological polar surface area (TPSA) is 73.6 Å². The number of nitrogens with two attached hydrogens (primary N) is 1. The van der Waals surface area contributed by atoms with Gasteiger partial charge in [-0.15, -0.1) is 0 Å². The van der Waals surface area contributed by atoms with Crippen LogP contribution in [-0.2, 0) is 11.3 Å². The third-order valence-electron chi connectivity index (χ3n) is 3.02. The van der Waals surface area contributed by atoms with Crippen LogP contribution < -0.4 is 20.5 Å². The molecule has 0 aliphatic rings. The Labute approximate surface area is 140 Å². The van der Waals surface area contributed by atoms with Crippen LogP contribution in [0, 0.1) is 0 Å². The summed E-state index contributed by atoms with van der Waals surface area (Å²) in [5.41, 5.74) is 7.09. The number of benzene rings is 2. The molecular weight excluding hydrogens is 316 g/mol. The highest BCUT2D eigenvalue weighted by Gasteiger charge is 2.08. The van der Waals surface area contributed by atoms with Gasteiger partial charge in [-0.05, 0) is 48.9 Å². The van der Waals surface area contributed by atoms with E-state index in [4.69, 9.17) is 26.8 Å². The SMILES string of the molecule is CCOc1cc(CNc2ccc(Cl)cc2)ccc1OCC(N)=O. The van der Waals surface area contributed by atoms with Crippen LogP contribution in [0.2, 0.25) is 5.02 Å². The van der Waals surface area contributed by atoms with Crippen molar-refractivity contribution in [3.05, 3.63) is 53.1 Å². The van der Waals surface area contributed by atoms with Crippen LogP contribution >= 0.6 is 11.6 Å². The summed E-state index contributed by atoms with van der Waals surface area (Å²) in [5.74, 6) is 0.561. The Hall–Kier alpha value is -2.40. The molecule has 0 radical (unpaired) electrons. The Balaban J connectivity index is 2.05. The van der Waals surface area contributed by atoms with Gasteiger partial charge in [0.25, 0.3) is 5.91 Å². The highest BCUT2D eigenvalue weighted by Crippen LogP contribution is 2.29. The highest BCUT2D eigenvalue weighted by atomic mass is 35.5. The Bertz CT molecular complexity index is 659. The molecule has 6 heteroatoms. The smallest absolute Gasteiger partial charge is 0.255 e. The lowest BCUT2D eigenvalue weighted by Gasteiger charge is -2.13. The van der Waals surface area contributed by atoms with Crippen molar-refractivity contribution in [1.82, 2.24) is 0 Å². The van der Waals surface area contributed by atoms with E-state index in [0.29, 0.717) is 29.7 Å². The fourth-order valence-corrected chi connectivity index (χ4v) is 2.10. The van der Waals surface area contributed by atoms with Gasteiger partial charge >= 0.3 is 0 Å². The monoisotopic (exact) mass is 334 g/mol. The van der Waals surface area contributed by atoms with E-state index in [9.17, 15) is 4.79 Å². The van der Waals surface area contributed by atoms with Gasteiger partial charge < -0.3 is 20.5 Å². The van der Waals surface area contributed by atoms with Crippen LogP contribution in [0.4, 0.5) is 5.69 Å². The Kier molecular flexibility index (Phi) is 6.11. The molecule has 2 rings (SSSR count). The molecule has 0 unspecified atom stereocenters. The average molecular weight is 335 g/mol. The maximum Gasteiger partial charge on any atom is 0.255 e. The number of hydrogen-bond acceptors (Lipinski definition) is 4. The van der Waals surface area contributed by atoms with Gasteiger partial charge in [0.15, 0.2) is 18.1 Å². The van der Waals surface area contributed by atoms with Crippen molar-refractivity contribution in [2.24, 2.45) is 5.73 Å². The van der Waals surface area contributed by atoms with Crippen LogP contribution in [0.15, 0.2) is 42.5 Å². The second-order valence-electron chi connectivity index (χ2n) is 4.83. The zero-order valence-electron chi connectivity index (χ0n) is 12.8. The Morgan fingerprint density at radius 2 is 1.87 bits per heavy atom. The molecule has 0 saturated carbocycles. The second-order valence-corrected chi connectivity index (χ2v) is 5.27. The first-order valence-electron chi connectivity index (χ1n) is 7.24. The number of carbonyl (C=O) groups is 1. The second kappa shape index (κ2) is 8.29. The van der Waals surface area contributed by atoms with Gasteiger partial charge in [-0.3, -0.25) is 4.79 Å². The van der Waals surface area contributed by atoms with E-state index in [-0.39, 0.29) is 6.61 Å². The highest BCUT2D eigenvalue weighted by molar-refractivity contribution is 6.30. The summed E-state index contributed by atoms with van der Waals surface area (Å²) >= 11 is 5.86. The molecule has 122 valence electrons. The maximum absolute atomic E-state index is 10.8. The summed E-state index contributed by atoms with van der Waals surface area (Å²) in [7, 11) is 0. The number of carbonyl (C=O) groups excluding carboxylic acids is 1. The lowest BCUT2D eigenvalue weighted by molar-refractivity contribution is -0.119. The number of primary amides is 1. The molecule has 1 amide bonds. The van der Waals surface area contributed by atoms with E-state index in [0.717, 1.165) is 11.3 Å². The predicted octanol–water partition coefficient (Wildman–Crippen LogP) is 3.21. The molecule has 0 aromatic heterocycles. The van der Waals surface area contributed by atoms with Crippen LogP contribution in [0.25, 0.3) is 0 Å². The molecule has 2 aromatic rings. The summed E-state index contributed by atoms with van der Waals surface area (Å²) in [6.45, 7) is 2.83. The van der Waals surface area contributed by atoms with E-state index < -0.39 is 5.91 Å². The number of rotatable bonds is 8. The zero-order valence-corrected chi connectivity index (χ0v) is 13.6. The number of amides is 1. The first-order chi connectivity index (χ1) is 11.1. The van der Waals surface area contributed by atoms with E-state index in [2.05, 4.69) is 5.32 Å². The molecule has 5 nitrogen and oxygen atoms in total. The third kappa shape index (κ3) is 5.38. The molecule has 0 spiro atoms. The van der Waals surface area contributed by atoms with Gasteiger partial charge in [0, 0.05) is 17.3 Å². The zero-order chi connectivity index (χ0) is 16.7. The molecule has 0 aliphatic heterocycles. The molecular formula is C17H19ClN2O3. The van der Waals surface area contributed by atoms with Crippen LogP contribution in [-0.4, -0.2) is 19.1 Å². The third-order valence-corrected chi connectivity index (χ3v) is 3.27. The molecule has 0 saturated heterocycles. The van der Waals surface area contributed by atoms with E-state index >= 15 is 0 Å². The quantitative estimate of drug-likeness (QED) is 0.777. The van der Waals surface area contributed by atoms with Gasteiger partial charge in [0.1, 0.15) is 0 Å². The standard InChI is InChI=1S/C17H19ClN2O3/c1-2-22-16-9-12(3-8-15(16)23-11-17(19)21)10-20-14-6-4-13(18)5-7-14/h3-9,20H,2,10-11H2,1H3,(H2,19,21). The van der Waals surface area contributed by atoms with Crippen molar-refractivity contribution in [3.63, 3.8) is 0 Å². The van der Waals surface area contributed by atoms with Crippen molar-refractivity contribution in [3.8, 4) is 11.5 Å². The first kappa shape index (κ1) is 17.0. The van der Waals surface area contributed by atoms with Crippen molar-refractivity contribution in [2.45, 2.75) is 13.5 Å². The molecule has 2 aromatic carbocycles. The largest absolute Gasteiger partial charge is 0.490 e. The van der Waals surface area contributed by atoms with Crippen LogP contribution in [0.1, 0.15) is 12.5 Å². The van der Waals surface area contributed by atoms with Gasteiger partial charge in [-0.25, -0.2) is 0 Å². The fraction of sp³-hybridized carbons (Fsp3) is 0.235. The molecule has 23 heavy (non-hydrogen) atoms. The van der Waals surface area contributed by atoms with Crippen molar-refractivity contribution < 1.29 is 14.3 Å². The predicted molar refractivity (Wildman–Crippen MR) is 91.1 cm³/mol. The lowest BCUT2D eigenvalue weighted by atomic mass is 10.2. The first-order valence-corrected chi connectivity index (χ1v) is 7.62. The van der Waals surface area contributed by atoms with Gasteiger partial charge in [0.05, 0.1) is 6.61 Å². The Morgan fingerprint density at radius 1 is 1.13 bits per heavy atom. The van der Waals surface area contributed by atoms with Crippen molar-refractivity contribution in [1.29, 1.82) is 0 Å². The molecule has 0 bridgehead atoms. The van der Waals surface area contributed by atoms with Crippen LogP contribution in [0.3, 0.4) is 0 Å². The summed E-state index contributed by atoms with van der Waals surface area (Å²) in [6.07, 6.45) is 0. The van der Waals surface area contributed by atoms with E-state index in [1.54, 1.807) is 6.07 Å².